The van der Waals surface area contributed by atoms with E-state index in [1.807, 2.05) is 6.92 Å². The average Bonchev–Trinajstić information content (AvgIpc) is 2.45. The van der Waals surface area contributed by atoms with Crippen LogP contribution in [0.4, 0.5) is 0 Å². The SMILES string of the molecule is CCCNC(=O)CCNC(=O)c1ccc(CN)cn1. The lowest BCUT2D eigenvalue weighted by molar-refractivity contribution is -0.120. The molecule has 19 heavy (non-hydrogen) atoms. The molecule has 2 amide bonds. The molecule has 1 rings (SSSR count). The molecule has 0 bridgehead atoms. The molecule has 1 aromatic heterocycles. The number of rotatable bonds is 7. The fourth-order valence-corrected chi connectivity index (χ4v) is 1.41. The zero-order chi connectivity index (χ0) is 14.1. The maximum atomic E-state index is 11.7. The van der Waals surface area contributed by atoms with Crippen LogP contribution >= 0.6 is 0 Å². The molecule has 0 unspecified atom stereocenters. The number of hydrogen-bond donors (Lipinski definition) is 3. The molecular weight excluding hydrogens is 244 g/mol. The van der Waals surface area contributed by atoms with E-state index in [1.54, 1.807) is 18.3 Å². The Bertz CT molecular complexity index is 417. The molecule has 6 nitrogen and oxygen atoms in total. The van der Waals surface area contributed by atoms with Crippen LogP contribution in [-0.4, -0.2) is 29.9 Å². The van der Waals surface area contributed by atoms with Crippen molar-refractivity contribution in [3.05, 3.63) is 29.6 Å². The first-order chi connectivity index (χ1) is 9.17. The number of nitrogens with two attached hydrogens (primary N) is 1. The summed E-state index contributed by atoms with van der Waals surface area (Å²) in [7, 11) is 0. The Hall–Kier alpha value is -1.95. The van der Waals surface area contributed by atoms with Gasteiger partial charge in [0.25, 0.3) is 5.91 Å². The van der Waals surface area contributed by atoms with Crippen LogP contribution < -0.4 is 16.4 Å². The Morgan fingerprint density at radius 3 is 2.63 bits per heavy atom. The van der Waals surface area contributed by atoms with Crippen LogP contribution in [0.1, 0.15) is 35.8 Å². The largest absolute Gasteiger partial charge is 0.356 e. The Balaban J connectivity index is 2.32. The minimum absolute atomic E-state index is 0.0615. The summed E-state index contributed by atoms with van der Waals surface area (Å²) in [5.74, 6) is -0.347. The van der Waals surface area contributed by atoms with Gasteiger partial charge in [-0.05, 0) is 18.1 Å². The highest BCUT2D eigenvalue weighted by molar-refractivity contribution is 5.92. The van der Waals surface area contributed by atoms with Crippen molar-refractivity contribution in [2.45, 2.75) is 26.3 Å². The molecule has 0 saturated heterocycles. The molecule has 0 aromatic carbocycles. The van der Waals surface area contributed by atoms with E-state index in [-0.39, 0.29) is 18.2 Å². The first-order valence-electron chi connectivity index (χ1n) is 6.37. The molecule has 1 heterocycles. The fourth-order valence-electron chi connectivity index (χ4n) is 1.41. The van der Waals surface area contributed by atoms with E-state index in [0.29, 0.717) is 25.3 Å². The van der Waals surface area contributed by atoms with Gasteiger partial charge in [0.1, 0.15) is 5.69 Å². The summed E-state index contributed by atoms with van der Waals surface area (Å²) in [5.41, 5.74) is 6.64. The zero-order valence-corrected chi connectivity index (χ0v) is 11.1. The van der Waals surface area contributed by atoms with E-state index in [4.69, 9.17) is 5.73 Å². The lowest BCUT2D eigenvalue weighted by Crippen LogP contribution is -2.31. The van der Waals surface area contributed by atoms with Gasteiger partial charge in [-0.25, -0.2) is 0 Å². The predicted octanol–water partition coefficient (Wildman–Crippen LogP) is 0.186. The van der Waals surface area contributed by atoms with Gasteiger partial charge in [-0.3, -0.25) is 14.6 Å². The van der Waals surface area contributed by atoms with Crippen LogP contribution in [0.25, 0.3) is 0 Å². The van der Waals surface area contributed by atoms with Crippen molar-refractivity contribution in [1.29, 1.82) is 0 Å². The van der Waals surface area contributed by atoms with Gasteiger partial charge in [-0.1, -0.05) is 13.0 Å². The van der Waals surface area contributed by atoms with Crippen molar-refractivity contribution in [2.75, 3.05) is 13.1 Å². The third-order valence-electron chi connectivity index (χ3n) is 2.50. The molecule has 0 aliphatic carbocycles. The summed E-state index contributed by atoms with van der Waals surface area (Å²) in [6, 6.07) is 3.38. The highest BCUT2D eigenvalue weighted by Gasteiger charge is 2.07. The van der Waals surface area contributed by atoms with Gasteiger partial charge in [0.15, 0.2) is 0 Å². The lowest BCUT2D eigenvalue weighted by Gasteiger charge is -2.06. The number of hydrogen-bond acceptors (Lipinski definition) is 4. The Morgan fingerprint density at radius 1 is 1.26 bits per heavy atom. The molecule has 0 spiro atoms. The second-order valence-corrected chi connectivity index (χ2v) is 4.11. The number of aromatic nitrogens is 1. The molecule has 0 radical (unpaired) electrons. The third kappa shape index (κ3) is 5.48. The van der Waals surface area contributed by atoms with Gasteiger partial charge in [0.2, 0.25) is 5.91 Å². The number of carbonyl (C=O) groups is 2. The maximum absolute atomic E-state index is 11.7. The van der Waals surface area contributed by atoms with E-state index in [0.717, 1.165) is 12.0 Å². The Labute approximate surface area is 112 Å². The minimum atomic E-state index is -0.285. The highest BCUT2D eigenvalue weighted by atomic mass is 16.2. The van der Waals surface area contributed by atoms with Crippen LogP contribution in [0.2, 0.25) is 0 Å². The summed E-state index contributed by atoms with van der Waals surface area (Å²) >= 11 is 0. The molecule has 104 valence electrons. The minimum Gasteiger partial charge on any atom is -0.356 e. The van der Waals surface area contributed by atoms with Gasteiger partial charge >= 0.3 is 0 Å². The van der Waals surface area contributed by atoms with E-state index >= 15 is 0 Å². The fraction of sp³-hybridized carbons (Fsp3) is 0.462. The first-order valence-corrected chi connectivity index (χ1v) is 6.37. The molecule has 0 aliphatic rings. The zero-order valence-electron chi connectivity index (χ0n) is 11.1. The van der Waals surface area contributed by atoms with Crippen molar-refractivity contribution >= 4 is 11.8 Å². The predicted molar refractivity (Wildman–Crippen MR) is 72.4 cm³/mol. The molecule has 0 saturated carbocycles. The van der Waals surface area contributed by atoms with Gasteiger partial charge in [0, 0.05) is 32.3 Å². The molecule has 1 aromatic rings. The maximum Gasteiger partial charge on any atom is 0.269 e. The number of amides is 2. The van der Waals surface area contributed by atoms with Gasteiger partial charge < -0.3 is 16.4 Å². The van der Waals surface area contributed by atoms with Crippen molar-refractivity contribution in [3.8, 4) is 0 Å². The molecule has 0 aliphatic heterocycles. The normalized spacial score (nSPS) is 10.0. The van der Waals surface area contributed by atoms with Gasteiger partial charge in [-0.2, -0.15) is 0 Å². The monoisotopic (exact) mass is 264 g/mol. The van der Waals surface area contributed by atoms with Crippen LogP contribution in [-0.2, 0) is 11.3 Å². The van der Waals surface area contributed by atoms with Crippen molar-refractivity contribution in [1.82, 2.24) is 15.6 Å². The average molecular weight is 264 g/mol. The van der Waals surface area contributed by atoms with Crippen molar-refractivity contribution in [2.24, 2.45) is 5.73 Å². The molecule has 0 fully saturated rings. The third-order valence-corrected chi connectivity index (χ3v) is 2.50. The molecule has 0 atom stereocenters. The summed E-state index contributed by atoms with van der Waals surface area (Å²) in [5, 5.41) is 5.39. The van der Waals surface area contributed by atoms with E-state index in [9.17, 15) is 9.59 Å². The molecule has 4 N–H and O–H groups in total. The second-order valence-electron chi connectivity index (χ2n) is 4.11. The van der Waals surface area contributed by atoms with E-state index in [2.05, 4.69) is 15.6 Å². The van der Waals surface area contributed by atoms with Gasteiger partial charge in [-0.15, -0.1) is 0 Å². The van der Waals surface area contributed by atoms with Crippen LogP contribution in [0.5, 0.6) is 0 Å². The molecular formula is C13H20N4O2. The number of pyridine rings is 1. The topological polar surface area (TPSA) is 97.1 Å². The summed E-state index contributed by atoms with van der Waals surface area (Å²) in [4.78, 5) is 27.0. The highest BCUT2D eigenvalue weighted by Crippen LogP contribution is 1.99. The Kier molecular flexibility index (Phi) is 6.52. The number of nitrogens with one attached hydrogen (secondary N) is 2. The van der Waals surface area contributed by atoms with Crippen molar-refractivity contribution < 1.29 is 9.59 Å². The molecule has 6 heteroatoms. The standard InChI is InChI=1S/C13H20N4O2/c1-2-6-15-12(18)5-7-16-13(19)11-4-3-10(8-14)9-17-11/h3-4,9H,2,5-8,14H2,1H3,(H,15,18)(H,16,19). The van der Waals surface area contributed by atoms with E-state index in [1.165, 1.54) is 0 Å². The Morgan fingerprint density at radius 2 is 2.05 bits per heavy atom. The van der Waals surface area contributed by atoms with Crippen LogP contribution in [0, 0.1) is 0 Å². The van der Waals surface area contributed by atoms with Crippen LogP contribution in [0.3, 0.4) is 0 Å². The quantitative estimate of drug-likeness (QED) is 0.654. The second kappa shape index (κ2) is 8.20. The smallest absolute Gasteiger partial charge is 0.269 e. The summed E-state index contributed by atoms with van der Waals surface area (Å²) in [6.07, 6.45) is 2.74. The lowest BCUT2D eigenvalue weighted by atomic mass is 10.2. The van der Waals surface area contributed by atoms with Gasteiger partial charge in [0.05, 0.1) is 0 Å². The summed E-state index contributed by atoms with van der Waals surface area (Å²) < 4.78 is 0. The van der Waals surface area contributed by atoms with E-state index < -0.39 is 0 Å². The van der Waals surface area contributed by atoms with Crippen LogP contribution in [0.15, 0.2) is 18.3 Å². The number of carbonyl (C=O) groups excluding carboxylic acids is 2. The summed E-state index contributed by atoms with van der Waals surface area (Å²) in [6.45, 7) is 3.34. The number of nitrogens with zero attached hydrogens (tertiary/aromatic N) is 1. The first kappa shape index (κ1) is 15.1. The van der Waals surface area contributed by atoms with Crippen molar-refractivity contribution in [3.63, 3.8) is 0 Å².